The van der Waals surface area contributed by atoms with E-state index < -0.39 is 32.1 Å². The molecule has 6 nitrogen and oxygen atoms in total. The molecule has 3 aliphatic rings. The van der Waals surface area contributed by atoms with E-state index in [1.807, 2.05) is 0 Å². The molecule has 3 fully saturated rings. The lowest BCUT2D eigenvalue weighted by atomic mass is 9.85. The lowest BCUT2D eigenvalue weighted by Gasteiger charge is -2.38. The predicted octanol–water partition coefficient (Wildman–Crippen LogP) is 0.440. The third-order valence-electron chi connectivity index (χ3n) is 4.49. The molecule has 2 aliphatic carbocycles. The van der Waals surface area contributed by atoms with Crippen LogP contribution in [-0.2, 0) is 28.5 Å². The molecule has 0 radical (unpaired) electrons. The van der Waals surface area contributed by atoms with E-state index in [9.17, 15) is 9.59 Å². The van der Waals surface area contributed by atoms with E-state index in [0.717, 1.165) is 0 Å². The van der Waals surface area contributed by atoms with Gasteiger partial charge >= 0.3 is 0 Å². The number of fused-ring (bicyclic) bond motifs is 5. The molecule has 0 N–H and O–H groups in total. The maximum absolute atomic E-state index is 12.5. The maximum atomic E-state index is 12.5. The summed E-state index contributed by atoms with van der Waals surface area (Å²) in [5.41, 5.74) is 0. The fourth-order valence-corrected chi connectivity index (χ4v) is 6.39. The van der Waals surface area contributed by atoms with Crippen molar-refractivity contribution >= 4 is 43.4 Å². The van der Waals surface area contributed by atoms with Crippen LogP contribution in [0, 0.1) is 5.92 Å². The number of carbonyl (C=O) groups excluding carboxylic acids is 2. The number of ketones is 2. The Kier molecular flexibility index (Phi) is 3.44. The largest absolute Gasteiger partial charge is 0.379 e. The van der Waals surface area contributed by atoms with Gasteiger partial charge in [-0.3, -0.25) is 9.59 Å². The predicted molar refractivity (Wildman–Crippen MR) is 74.1 cm³/mol. The van der Waals surface area contributed by atoms with Gasteiger partial charge in [-0.15, -0.1) is 0 Å². The van der Waals surface area contributed by atoms with Gasteiger partial charge in [0.25, 0.3) is 0 Å². The van der Waals surface area contributed by atoms with E-state index >= 15 is 0 Å². The first kappa shape index (κ1) is 15.1. The summed E-state index contributed by atoms with van der Waals surface area (Å²) < 4.78 is 19.6. The van der Waals surface area contributed by atoms with Crippen molar-refractivity contribution in [1.82, 2.24) is 0 Å². The van der Waals surface area contributed by atoms with Crippen LogP contribution >= 0.6 is 31.9 Å². The van der Waals surface area contributed by atoms with Gasteiger partial charge in [-0.2, -0.15) is 0 Å². The Bertz CT molecular complexity index is 441. The van der Waals surface area contributed by atoms with Crippen LogP contribution in [0.2, 0.25) is 0 Å². The fourth-order valence-electron chi connectivity index (χ4n) is 3.66. The molecular formula is C12H14Br2O6. The Balaban J connectivity index is 2.25. The summed E-state index contributed by atoms with van der Waals surface area (Å²) in [6, 6.07) is 0. The number of carbonyl (C=O) groups is 2. The molecule has 1 aliphatic heterocycles. The molecule has 2 bridgehead atoms. The number of ether oxygens (including phenoxy) is 4. The average molecular weight is 414 g/mol. The molecule has 1 saturated heterocycles. The second-order valence-corrected chi connectivity index (χ2v) is 7.58. The van der Waals surface area contributed by atoms with Gasteiger partial charge in [-0.05, 0) is 0 Å². The minimum absolute atomic E-state index is 0.288. The summed E-state index contributed by atoms with van der Waals surface area (Å²) in [5.74, 6) is -3.02. The number of halogens is 2. The zero-order valence-electron chi connectivity index (χ0n) is 11.0. The SMILES string of the molecule is COC1(OC)[C@@]2(Br)C(=O)C(=O)[C@]1(Br)[C@@H]1OCCOC[C@@H]12. The van der Waals surface area contributed by atoms with Gasteiger partial charge in [-0.1, -0.05) is 31.9 Å². The Morgan fingerprint density at radius 3 is 2.30 bits per heavy atom. The Labute approximate surface area is 132 Å². The molecule has 3 rings (SSSR count). The van der Waals surface area contributed by atoms with Crippen LogP contribution in [-0.4, -0.2) is 66.1 Å². The van der Waals surface area contributed by atoms with Crippen molar-refractivity contribution < 1.29 is 28.5 Å². The highest BCUT2D eigenvalue weighted by Crippen LogP contribution is 2.67. The summed E-state index contributed by atoms with van der Waals surface area (Å²) in [4.78, 5) is 25.0. The molecule has 0 aromatic rings. The summed E-state index contributed by atoms with van der Waals surface area (Å²) in [6.45, 7) is 1.06. The second-order valence-electron chi connectivity index (χ2n) is 5.08. The van der Waals surface area contributed by atoms with Gasteiger partial charge in [0.15, 0.2) is 8.65 Å². The highest BCUT2D eigenvalue weighted by molar-refractivity contribution is 9.11. The van der Waals surface area contributed by atoms with Crippen LogP contribution in [0.25, 0.3) is 0 Å². The number of rotatable bonds is 2. The molecule has 2 saturated carbocycles. The minimum atomic E-state index is -1.47. The Morgan fingerprint density at radius 2 is 1.70 bits per heavy atom. The minimum Gasteiger partial charge on any atom is -0.379 e. The highest BCUT2D eigenvalue weighted by Gasteiger charge is 2.89. The molecule has 0 unspecified atom stereocenters. The van der Waals surface area contributed by atoms with Crippen LogP contribution in [0.4, 0.5) is 0 Å². The van der Waals surface area contributed by atoms with E-state index in [4.69, 9.17) is 18.9 Å². The summed E-state index contributed by atoms with van der Waals surface area (Å²) in [6.07, 6.45) is -0.561. The summed E-state index contributed by atoms with van der Waals surface area (Å²) >= 11 is 6.85. The average Bonchev–Trinajstić information content (AvgIpc) is 2.68. The van der Waals surface area contributed by atoms with Gasteiger partial charge in [0, 0.05) is 20.1 Å². The van der Waals surface area contributed by atoms with Crippen molar-refractivity contribution in [3.05, 3.63) is 0 Å². The standard InChI is InChI=1S/C12H14Br2O6/c1-17-12(18-2)10(13)6-5-19-3-4-20-9(6)11(12,14)8(16)7(10)15/h6,9H,3-5H2,1-2H3/t6-,9+,10-,11-/m0/s1. The third kappa shape index (κ3) is 1.30. The van der Waals surface area contributed by atoms with Crippen molar-refractivity contribution in [2.24, 2.45) is 5.92 Å². The van der Waals surface area contributed by atoms with E-state index in [0.29, 0.717) is 13.2 Å². The first-order valence-electron chi connectivity index (χ1n) is 6.18. The monoisotopic (exact) mass is 412 g/mol. The molecule has 0 amide bonds. The zero-order chi connectivity index (χ0) is 14.8. The normalized spacial score (nSPS) is 46.4. The maximum Gasteiger partial charge on any atom is 0.225 e. The highest BCUT2D eigenvalue weighted by atomic mass is 79.9. The first-order chi connectivity index (χ1) is 9.41. The van der Waals surface area contributed by atoms with Crippen molar-refractivity contribution in [1.29, 1.82) is 0 Å². The zero-order valence-corrected chi connectivity index (χ0v) is 14.2. The van der Waals surface area contributed by atoms with Gasteiger partial charge < -0.3 is 18.9 Å². The van der Waals surface area contributed by atoms with Crippen molar-refractivity contribution in [2.75, 3.05) is 34.0 Å². The number of alkyl halides is 2. The van der Waals surface area contributed by atoms with Crippen LogP contribution in [0.5, 0.6) is 0 Å². The van der Waals surface area contributed by atoms with Gasteiger partial charge in [0.1, 0.15) is 0 Å². The molecule has 0 aromatic carbocycles. The van der Waals surface area contributed by atoms with Crippen LogP contribution in [0.1, 0.15) is 0 Å². The van der Waals surface area contributed by atoms with Crippen LogP contribution in [0.3, 0.4) is 0 Å². The van der Waals surface area contributed by atoms with E-state index in [-0.39, 0.29) is 12.5 Å². The molecule has 112 valence electrons. The fraction of sp³-hybridized carbons (Fsp3) is 0.833. The van der Waals surface area contributed by atoms with E-state index in [2.05, 4.69) is 31.9 Å². The number of methoxy groups -OCH3 is 2. The Hall–Kier alpha value is 0.140. The lowest BCUT2D eigenvalue weighted by Crippen LogP contribution is -2.58. The van der Waals surface area contributed by atoms with E-state index in [1.165, 1.54) is 14.2 Å². The molecule has 4 atom stereocenters. The third-order valence-corrected chi connectivity index (χ3v) is 7.29. The molecule has 8 heteroatoms. The lowest BCUT2D eigenvalue weighted by molar-refractivity contribution is -0.220. The van der Waals surface area contributed by atoms with Gasteiger partial charge in [0.05, 0.1) is 25.9 Å². The first-order valence-corrected chi connectivity index (χ1v) is 7.77. The number of hydrogen-bond acceptors (Lipinski definition) is 6. The summed E-state index contributed by atoms with van der Waals surface area (Å²) in [7, 11) is 2.82. The molecule has 1 heterocycles. The second kappa shape index (κ2) is 4.57. The van der Waals surface area contributed by atoms with Crippen LogP contribution < -0.4 is 0 Å². The number of Topliss-reactive ketones (excluding diaryl/α,β-unsaturated/α-hetero) is 2. The quantitative estimate of drug-likeness (QED) is 0.371. The molecular weight excluding hydrogens is 400 g/mol. The van der Waals surface area contributed by atoms with Crippen molar-refractivity contribution in [3.8, 4) is 0 Å². The Morgan fingerprint density at radius 1 is 1.10 bits per heavy atom. The van der Waals surface area contributed by atoms with E-state index in [1.54, 1.807) is 0 Å². The molecule has 20 heavy (non-hydrogen) atoms. The molecule has 0 spiro atoms. The van der Waals surface area contributed by atoms with Crippen molar-refractivity contribution in [2.45, 2.75) is 20.5 Å². The number of hydrogen-bond donors (Lipinski definition) is 0. The van der Waals surface area contributed by atoms with Gasteiger partial charge in [-0.25, -0.2) is 0 Å². The van der Waals surface area contributed by atoms with Crippen molar-refractivity contribution in [3.63, 3.8) is 0 Å². The van der Waals surface area contributed by atoms with Crippen LogP contribution in [0.15, 0.2) is 0 Å². The molecule has 0 aromatic heterocycles. The van der Waals surface area contributed by atoms with Gasteiger partial charge in [0.2, 0.25) is 17.4 Å². The topological polar surface area (TPSA) is 71.1 Å². The summed E-state index contributed by atoms with van der Waals surface area (Å²) in [5, 5.41) is 0. The smallest absolute Gasteiger partial charge is 0.225 e.